The van der Waals surface area contributed by atoms with Crippen LogP contribution in [0.1, 0.15) is 18.2 Å². The number of carbonyl (C=O) groups is 4. The highest BCUT2D eigenvalue weighted by atomic mass is 32.1. The van der Waals surface area contributed by atoms with Gasteiger partial charge in [-0.3, -0.25) is 14.4 Å². The number of aromatic nitrogens is 3. The predicted molar refractivity (Wildman–Crippen MR) is 135 cm³/mol. The number of imidazole rings is 1. The number of fused-ring (bicyclic) bond motifs is 1. The number of carbonyl (C=O) groups excluding carboxylic acids is 3. The van der Waals surface area contributed by atoms with Gasteiger partial charge in [-0.1, -0.05) is 18.2 Å². The van der Waals surface area contributed by atoms with E-state index in [1.54, 1.807) is 6.20 Å². The second kappa shape index (κ2) is 12.2. The molecule has 13 heteroatoms. The van der Waals surface area contributed by atoms with Gasteiger partial charge in [-0.15, -0.1) is 0 Å². The lowest BCUT2D eigenvalue weighted by atomic mass is 10.0. The van der Waals surface area contributed by atoms with Crippen LogP contribution in [-0.2, 0) is 32.0 Å². The van der Waals surface area contributed by atoms with Crippen LogP contribution in [0.15, 0.2) is 43.0 Å². The number of carboxylic acids is 1. The first kappa shape index (κ1) is 26.8. The molecule has 1 aromatic carbocycles. The van der Waals surface area contributed by atoms with Gasteiger partial charge >= 0.3 is 5.97 Å². The lowest BCUT2D eigenvalue weighted by Crippen LogP contribution is -2.58. The molecule has 192 valence electrons. The first-order chi connectivity index (χ1) is 17.2. The van der Waals surface area contributed by atoms with E-state index in [9.17, 15) is 24.3 Å². The van der Waals surface area contributed by atoms with E-state index < -0.39 is 47.9 Å². The molecule has 8 N–H and O–H groups in total. The fourth-order valence-electron chi connectivity index (χ4n) is 3.59. The van der Waals surface area contributed by atoms with Gasteiger partial charge in [0.1, 0.15) is 18.1 Å². The number of carboxylic acid groups (broad SMARTS) is 1. The molecule has 12 nitrogen and oxygen atoms in total. The number of aliphatic carboxylic acids is 1. The maximum absolute atomic E-state index is 13.3. The fraction of sp³-hybridized carbons (Fsp3) is 0.348. The quantitative estimate of drug-likeness (QED) is 0.149. The molecule has 0 fully saturated rings. The third-order valence-electron chi connectivity index (χ3n) is 5.55. The summed E-state index contributed by atoms with van der Waals surface area (Å²) in [7, 11) is 0. The molecule has 0 aliphatic heterocycles. The normalized spacial score (nSPS) is 14.4. The predicted octanol–water partition coefficient (Wildman–Crippen LogP) is -0.508. The van der Waals surface area contributed by atoms with E-state index in [2.05, 4.69) is 43.5 Å². The molecule has 36 heavy (non-hydrogen) atoms. The van der Waals surface area contributed by atoms with Crippen molar-refractivity contribution in [1.82, 2.24) is 30.9 Å². The van der Waals surface area contributed by atoms with E-state index in [0.717, 1.165) is 16.5 Å². The maximum Gasteiger partial charge on any atom is 0.326 e. The number of rotatable bonds is 12. The molecule has 4 atom stereocenters. The number of nitrogens with two attached hydrogens (primary N) is 1. The molecule has 4 unspecified atom stereocenters. The van der Waals surface area contributed by atoms with Crippen LogP contribution in [-0.4, -0.2) is 73.7 Å². The van der Waals surface area contributed by atoms with Crippen molar-refractivity contribution in [2.24, 2.45) is 5.73 Å². The average Bonchev–Trinajstić information content (AvgIpc) is 3.51. The average molecular weight is 516 g/mol. The fourth-order valence-corrected chi connectivity index (χ4v) is 3.85. The Labute approximate surface area is 212 Å². The first-order valence-electron chi connectivity index (χ1n) is 11.2. The molecule has 3 amide bonds. The second-order valence-corrected chi connectivity index (χ2v) is 8.70. The summed E-state index contributed by atoms with van der Waals surface area (Å²) in [6.45, 7) is 1.47. The number of benzene rings is 1. The zero-order valence-corrected chi connectivity index (χ0v) is 20.4. The largest absolute Gasteiger partial charge is 0.480 e. The van der Waals surface area contributed by atoms with Crippen LogP contribution in [0.5, 0.6) is 0 Å². The number of nitrogens with one attached hydrogen (secondary N) is 5. The Bertz CT molecular complexity index is 1210. The molecular weight excluding hydrogens is 486 g/mol. The van der Waals surface area contributed by atoms with Crippen LogP contribution in [0.4, 0.5) is 0 Å². The number of H-pyrrole nitrogens is 2. The number of para-hydroxylation sites is 1. The number of nitrogens with zero attached hydrogens (tertiary/aromatic N) is 1. The summed E-state index contributed by atoms with van der Waals surface area (Å²) >= 11 is 4.13. The van der Waals surface area contributed by atoms with Gasteiger partial charge in [-0.25, -0.2) is 9.78 Å². The van der Waals surface area contributed by atoms with Crippen LogP contribution >= 0.6 is 12.6 Å². The number of hydrogen-bond donors (Lipinski definition) is 8. The van der Waals surface area contributed by atoms with Gasteiger partial charge in [0.25, 0.3) is 0 Å². The summed E-state index contributed by atoms with van der Waals surface area (Å²) in [6, 6.07) is 3.15. The number of thiol groups is 1. The summed E-state index contributed by atoms with van der Waals surface area (Å²) in [5, 5.41) is 18.1. The highest BCUT2D eigenvalue weighted by Crippen LogP contribution is 2.19. The van der Waals surface area contributed by atoms with E-state index in [-0.39, 0.29) is 18.6 Å². The molecule has 0 spiro atoms. The van der Waals surface area contributed by atoms with Crippen molar-refractivity contribution < 1.29 is 24.3 Å². The maximum atomic E-state index is 13.3. The van der Waals surface area contributed by atoms with Gasteiger partial charge in [0, 0.05) is 47.6 Å². The van der Waals surface area contributed by atoms with Gasteiger partial charge < -0.3 is 36.8 Å². The Morgan fingerprint density at radius 3 is 2.31 bits per heavy atom. The zero-order chi connectivity index (χ0) is 26.2. The van der Waals surface area contributed by atoms with E-state index >= 15 is 0 Å². The molecule has 2 aromatic heterocycles. The minimum absolute atomic E-state index is 0.0292. The topological polar surface area (TPSA) is 195 Å². The molecule has 0 saturated carbocycles. The molecular formula is C23H29N7O5S. The summed E-state index contributed by atoms with van der Waals surface area (Å²) in [5.41, 5.74) is 7.68. The standard InChI is InChI=1S/C23H29N7O5S/c1-12(24)20(31)30-19(10-36)22(33)28-17(6-13-8-26-16-5-3-2-4-15(13)16)21(32)29-18(23(34)35)7-14-9-25-11-27-14/h2-5,8-9,11-12,17-19,26,36H,6-7,10,24H2,1H3,(H,25,27)(H,28,33)(H,29,32)(H,30,31)(H,34,35). The van der Waals surface area contributed by atoms with Gasteiger partial charge in [0.2, 0.25) is 17.7 Å². The summed E-state index contributed by atoms with van der Waals surface area (Å²) < 4.78 is 0. The minimum atomic E-state index is -1.27. The van der Waals surface area contributed by atoms with Crippen molar-refractivity contribution >= 4 is 47.2 Å². The van der Waals surface area contributed by atoms with Crippen molar-refractivity contribution in [2.75, 3.05) is 5.75 Å². The Morgan fingerprint density at radius 1 is 1.00 bits per heavy atom. The number of aromatic amines is 2. The zero-order valence-electron chi connectivity index (χ0n) is 19.5. The van der Waals surface area contributed by atoms with Crippen molar-refractivity contribution in [3.8, 4) is 0 Å². The van der Waals surface area contributed by atoms with E-state index in [4.69, 9.17) is 5.73 Å². The SMILES string of the molecule is CC(N)C(=O)NC(CS)C(=O)NC(Cc1c[nH]c2ccccc12)C(=O)NC(Cc1cnc[nH]1)C(=O)O. The van der Waals surface area contributed by atoms with E-state index in [1.807, 2.05) is 24.3 Å². The number of hydrogen-bond acceptors (Lipinski definition) is 7. The van der Waals surface area contributed by atoms with Crippen LogP contribution in [0.2, 0.25) is 0 Å². The summed E-state index contributed by atoms with van der Waals surface area (Å²) in [5.74, 6) is -3.18. The minimum Gasteiger partial charge on any atom is -0.480 e. The Kier molecular flexibility index (Phi) is 9.08. The lowest BCUT2D eigenvalue weighted by Gasteiger charge is -2.24. The van der Waals surface area contributed by atoms with Crippen LogP contribution in [0, 0.1) is 0 Å². The lowest BCUT2D eigenvalue weighted by molar-refractivity contribution is -0.142. The Morgan fingerprint density at radius 2 is 1.67 bits per heavy atom. The molecule has 0 saturated heterocycles. The van der Waals surface area contributed by atoms with E-state index in [0.29, 0.717) is 5.69 Å². The van der Waals surface area contributed by atoms with Crippen LogP contribution in [0.25, 0.3) is 10.9 Å². The van der Waals surface area contributed by atoms with E-state index in [1.165, 1.54) is 19.4 Å². The molecule has 0 aliphatic rings. The second-order valence-electron chi connectivity index (χ2n) is 8.34. The third-order valence-corrected chi connectivity index (χ3v) is 5.92. The van der Waals surface area contributed by atoms with Crippen molar-refractivity contribution in [3.63, 3.8) is 0 Å². The molecule has 3 aromatic rings. The molecule has 0 aliphatic carbocycles. The molecule has 0 radical (unpaired) electrons. The number of amides is 3. The summed E-state index contributed by atoms with van der Waals surface area (Å²) in [6.07, 6.45) is 4.64. The van der Waals surface area contributed by atoms with Gasteiger partial charge in [0.15, 0.2) is 0 Å². The highest BCUT2D eigenvalue weighted by Gasteiger charge is 2.30. The van der Waals surface area contributed by atoms with Crippen LogP contribution in [0.3, 0.4) is 0 Å². The van der Waals surface area contributed by atoms with Gasteiger partial charge in [-0.2, -0.15) is 12.6 Å². The molecule has 0 bridgehead atoms. The third kappa shape index (κ3) is 6.86. The molecule has 2 heterocycles. The van der Waals surface area contributed by atoms with Gasteiger partial charge in [-0.05, 0) is 18.6 Å². The Balaban J connectivity index is 1.83. The van der Waals surface area contributed by atoms with Crippen molar-refractivity contribution in [1.29, 1.82) is 0 Å². The smallest absolute Gasteiger partial charge is 0.326 e. The van der Waals surface area contributed by atoms with Crippen LogP contribution < -0.4 is 21.7 Å². The molecule has 3 rings (SSSR count). The Hall–Kier alpha value is -3.84. The summed E-state index contributed by atoms with van der Waals surface area (Å²) in [4.78, 5) is 59.9. The van der Waals surface area contributed by atoms with Gasteiger partial charge in [0.05, 0.1) is 12.4 Å². The highest BCUT2D eigenvalue weighted by molar-refractivity contribution is 7.80. The van der Waals surface area contributed by atoms with Crippen molar-refractivity contribution in [2.45, 2.75) is 43.9 Å². The van der Waals surface area contributed by atoms with Crippen molar-refractivity contribution in [3.05, 3.63) is 54.2 Å². The monoisotopic (exact) mass is 515 g/mol. The first-order valence-corrected chi connectivity index (χ1v) is 11.9.